The van der Waals surface area contributed by atoms with Crippen LogP contribution in [0.15, 0.2) is 47.6 Å². The van der Waals surface area contributed by atoms with Gasteiger partial charge >= 0.3 is 0 Å². The summed E-state index contributed by atoms with van der Waals surface area (Å²) in [5.41, 5.74) is 1.08. The van der Waals surface area contributed by atoms with Gasteiger partial charge in [-0.3, -0.25) is 0 Å². The van der Waals surface area contributed by atoms with E-state index in [4.69, 9.17) is 0 Å². The van der Waals surface area contributed by atoms with Gasteiger partial charge < -0.3 is 5.32 Å². The first-order valence-corrected chi connectivity index (χ1v) is 10.2. The Morgan fingerprint density at radius 3 is 2.24 bits per heavy atom. The first kappa shape index (κ1) is 17.8. The Kier molecular flexibility index (Phi) is 5.99. The number of anilines is 1. The third kappa shape index (κ3) is 4.76. The van der Waals surface area contributed by atoms with E-state index >= 15 is 0 Å². The zero-order chi connectivity index (χ0) is 17.5. The summed E-state index contributed by atoms with van der Waals surface area (Å²) in [5, 5.41) is 3.15. The quantitative estimate of drug-likeness (QED) is 0.857. The predicted octanol–water partition coefficient (Wildman–Crippen LogP) is 2.70. The van der Waals surface area contributed by atoms with Gasteiger partial charge in [-0.1, -0.05) is 25.0 Å². The van der Waals surface area contributed by atoms with Crippen molar-refractivity contribution in [3.05, 3.63) is 48.3 Å². The molecule has 1 fully saturated rings. The van der Waals surface area contributed by atoms with Crippen LogP contribution in [0.3, 0.4) is 0 Å². The van der Waals surface area contributed by atoms with E-state index in [-0.39, 0.29) is 0 Å². The number of benzene rings is 1. The predicted molar refractivity (Wildman–Crippen MR) is 97.9 cm³/mol. The molecule has 1 aliphatic rings. The van der Waals surface area contributed by atoms with Gasteiger partial charge in [-0.2, -0.15) is 4.31 Å². The number of sulfonamides is 1. The second-order valence-corrected chi connectivity index (χ2v) is 8.15. The van der Waals surface area contributed by atoms with Crippen LogP contribution in [0.2, 0.25) is 0 Å². The van der Waals surface area contributed by atoms with Crippen LogP contribution in [-0.4, -0.2) is 42.3 Å². The van der Waals surface area contributed by atoms with Crippen molar-refractivity contribution in [2.75, 3.05) is 25.0 Å². The lowest BCUT2D eigenvalue weighted by Crippen LogP contribution is -2.31. The molecule has 0 aliphatic carbocycles. The topological polar surface area (TPSA) is 75.2 Å². The molecule has 0 amide bonds. The minimum absolute atomic E-state index is 0.387. The van der Waals surface area contributed by atoms with Crippen molar-refractivity contribution in [3.63, 3.8) is 0 Å². The van der Waals surface area contributed by atoms with E-state index in [1.54, 1.807) is 34.9 Å². The molecule has 0 unspecified atom stereocenters. The zero-order valence-corrected chi connectivity index (χ0v) is 15.1. The normalized spacial score (nSPS) is 16.3. The van der Waals surface area contributed by atoms with Gasteiger partial charge in [0.05, 0.1) is 4.90 Å². The molecule has 25 heavy (non-hydrogen) atoms. The Morgan fingerprint density at radius 2 is 1.60 bits per heavy atom. The van der Waals surface area contributed by atoms with Gasteiger partial charge in [0.2, 0.25) is 16.0 Å². The molecule has 7 heteroatoms. The molecule has 0 atom stereocenters. The number of rotatable bonds is 6. The molecule has 1 saturated heterocycles. The molecule has 1 N–H and O–H groups in total. The first-order chi connectivity index (χ1) is 12.2. The molecular weight excluding hydrogens is 336 g/mol. The molecule has 0 bridgehead atoms. The van der Waals surface area contributed by atoms with Gasteiger partial charge in [0.25, 0.3) is 0 Å². The van der Waals surface area contributed by atoms with Crippen molar-refractivity contribution >= 4 is 16.0 Å². The van der Waals surface area contributed by atoms with E-state index < -0.39 is 10.0 Å². The maximum absolute atomic E-state index is 12.7. The summed E-state index contributed by atoms with van der Waals surface area (Å²) in [6.45, 7) is 1.96. The Hall–Kier alpha value is -1.99. The van der Waals surface area contributed by atoms with Gasteiger partial charge in [-0.05, 0) is 43.0 Å². The lowest BCUT2D eigenvalue weighted by Gasteiger charge is -2.20. The Morgan fingerprint density at radius 1 is 0.960 bits per heavy atom. The van der Waals surface area contributed by atoms with Gasteiger partial charge in [-0.25, -0.2) is 18.4 Å². The molecule has 1 aromatic carbocycles. The number of aromatic nitrogens is 2. The zero-order valence-electron chi connectivity index (χ0n) is 14.3. The molecule has 0 radical (unpaired) electrons. The van der Waals surface area contributed by atoms with Gasteiger partial charge in [-0.15, -0.1) is 0 Å². The number of hydrogen-bond donors (Lipinski definition) is 1. The minimum Gasteiger partial charge on any atom is -0.354 e. The second kappa shape index (κ2) is 8.40. The van der Waals surface area contributed by atoms with Crippen molar-refractivity contribution in [3.8, 4) is 0 Å². The van der Waals surface area contributed by atoms with Crippen LogP contribution in [-0.2, 0) is 16.4 Å². The molecule has 2 aromatic rings. The largest absolute Gasteiger partial charge is 0.354 e. The molecular formula is C18H24N4O2S. The maximum atomic E-state index is 12.7. The number of nitrogens with zero attached hydrogens (tertiary/aromatic N) is 3. The Bertz CT molecular complexity index is 755. The summed E-state index contributed by atoms with van der Waals surface area (Å²) < 4.78 is 27.1. The molecule has 134 valence electrons. The lowest BCUT2D eigenvalue weighted by atomic mass is 10.1. The summed E-state index contributed by atoms with van der Waals surface area (Å²) >= 11 is 0. The third-order valence-electron chi connectivity index (χ3n) is 4.39. The van der Waals surface area contributed by atoms with Crippen molar-refractivity contribution in [1.29, 1.82) is 0 Å². The molecule has 1 aliphatic heterocycles. The lowest BCUT2D eigenvalue weighted by molar-refractivity contribution is 0.423. The van der Waals surface area contributed by atoms with E-state index in [1.165, 1.54) is 0 Å². The molecule has 6 nitrogen and oxygen atoms in total. The van der Waals surface area contributed by atoms with Crippen molar-refractivity contribution in [2.24, 2.45) is 0 Å². The number of hydrogen-bond acceptors (Lipinski definition) is 5. The fourth-order valence-corrected chi connectivity index (χ4v) is 4.49. The van der Waals surface area contributed by atoms with Crippen molar-refractivity contribution in [2.45, 2.75) is 37.0 Å². The highest BCUT2D eigenvalue weighted by atomic mass is 32.2. The van der Waals surface area contributed by atoms with Crippen LogP contribution in [0.4, 0.5) is 5.95 Å². The fraction of sp³-hybridized carbons (Fsp3) is 0.444. The summed E-state index contributed by atoms with van der Waals surface area (Å²) in [7, 11) is -3.37. The molecule has 3 rings (SSSR count). The Labute approximate surface area is 149 Å². The van der Waals surface area contributed by atoms with E-state index in [0.29, 0.717) is 30.5 Å². The van der Waals surface area contributed by atoms with Crippen LogP contribution in [0.1, 0.15) is 31.2 Å². The van der Waals surface area contributed by atoms with Gasteiger partial charge in [0, 0.05) is 32.0 Å². The standard InChI is InChI=1S/C18H24N4O2S/c23-25(24,22-14-3-1-2-4-15-22)17-8-6-16(7-9-17)10-13-21-18-19-11-5-12-20-18/h5-9,11-12H,1-4,10,13-15H2,(H,19,20,21). The minimum atomic E-state index is -3.37. The highest BCUT2D eigenvalue weighted by Crippen LogP contribution is 2.20. The molecule has 1 aromatic heterocycles. The highest BCUT2D eigenvalue weighted by Gasteiger charge is 2.24. The average Bonchev–Trinajstić information content (AvgIpc) is 2.93. The van der Waals surface area contributed by atoms with E-state index in [9.17, 15) is 8.42 Å². The van der Waals surface area contributed by atoms with Gasteiger partial charge in [0.1, 0.15) is 0 Å². The van der Waals surface area contributed by atoms with E-state index in [1.807, 2.05) is 12.1 Å². The van der Waals surface area contributed by atoms with Crippen molar-refractivity contribution < 1.29 is 8.42 Å². The number of nitrogens with one attached hydrogen (secondary N) is 1. The summed E-state index contributed by atoms with van der Waals surface area (Å²) in [5.74, 6) is 0.600. The molecule has 0 spiro atoms. The van der Waals surface area contributed by atoms with Crippen molar-refractivity contribution in [1.82, 2.24) is 14.3 Å². The molecule has 0 saturated carbocycles. The smallest absolute Gasteiger partial charge is 0.243 e. The van der Waals surface area contributed by atoms with Crippen LogP contribution in [0.5, 0.6) is 0 Å². The summed E-state index contributed by atoms with van der Waals surface area (Å²) in [4.78, 5) is 8.60. The van der Waals surface area contributed by atoms with Crippen LogP contribution in [0.25, 0.3) is 0 Å². The Balaban J connectivity index is 1.59. The highest BCUT2D eigenvalue weighted by molar-refractivity contribution is 7.89. The third-order valence-corrected chi connectivity index (χ3v) is 6.30. The van der Waals surface area contributed by atoms with Crippen LogP contribution in [0, 0.1) is 0 Å². The SMILES string of the molecule is O=S(=O)(c1ccc(CCNc2ncccn2)cc1)N1CCCCCC1. The van der Waals surface area contributed by atoms with Gasteiger partial charge in [0.15, 0.2) is 0 Å². The van der Waals surface area contributed by atoms with Crippen LogP contribution >= 0.6 is 0 Å². The average molecular weight is 360 g/mol. The van der Waals surface area contributed by atoms with E-state index in [0.717, 1.165) is 37.7 Å². The maximum Gasteiger partial charge on any atom is 0.243 e. The van der Waals surface area contributed by atoms with E-state index in [2.05, 4.69) is 15.3 Å². The monoisotopic (exact) mass is 360 g/mol. The fourth-order valence-electron chi connectivity index (χ4n) is 2.97. The molecule has 2 heterocycles. The first-order valence-electron chi connectivity index (χ1n) is 8.76. The van der Waals surface area contributed by atoms with Crippen LogP contribution < -0.4 is 5.32 Å². The summed E-state index contributed by atoms with van der Waals surface area (Å²) in [6.07, 6.45) is 8.29. The second-order valence-electron chi connectivity index (χ2n) is 6.21. The summed E-state index contributed by atoms with van der Waals surface area (Å²) in [6, 6.07) is 8.98.